The molecule has 0 saturated heterocycles. The Kier molecular flexibility index (Phi) is 6.77. The molecule has 0 bridgehead atoms. The summed E-state index contributed by atoms with van der Waals surface area (Å²) in [6.45, 7) is 2.59. The third-order valence-corrected chi connectivity index (χ3v) is 4.41. The summed E-state index contributed by atoms with van der Waals surface area (Å²) in [5, 5.41) is 20.6. The fourth-order valence-electron chi connectivity index (χ4n) is 2.37. The molecule has 2 heterocycles. The van der Waals surface area contributed by atoms with E-state index in [2.05, 4.69) is 31.2 Å². The number of hydrogen-bond acceptors (Lipinski definition) is 6. The van der Waals surface area contributed by atoms with Crippen LogP contribution in [0.3, 0.4) is 0 Å². The van der Waals surface area contributed by atoms with E-state index in [-0.39, 0.29) is 16.7 Å². The number of nitrogens with zero attached hydrogens (tertiary/aromatic N) is 4. The number of halogens is 3. The van der Waals surface area contributed by atoms with Crippen LogP contribution in [-0.4, -0.2) is 44.6 Å². The summed E-state index contributed by atoms with van der Waals surface area (Å²) >= 11 is -0.209. The largest absolute Gasteiger partial charge is 0.446 e. The second kappa shape index (κ2) is 9.48. The van der Waals surface area contributed by atoms with E-state index < -0.39 is 11.5 Å². The second-order valence-corrected chi connectivity index (χ2v) is 7.20. The first-order valence-corrected chi connectivity index (χ1v) is 9.61. The van der Waals surface area contributed by atoms with Gasteiger partial charge >= 0.3 is 11.5 Å². The van der Waals surface area contributed by atoms with E-state index in [0.29, 0.717) is 30.4 Å². The predicted octanol–water partition coefficient (Wildman–Crippen LogP) is 3.82. The summed E-state index contributed by atoms with van der Waals surface area (Å²) in [5.41, 5.74) is -3.08. The molecule has 3 aromatic rings. The van der Waals surface area contributed by atoms with Gasteiger partial charge in [0.2, 0.25) is 0 Å². The van der Waals surface area contributed by atoms with Crippen molar-refractivity contribution < 1.29 is 18.0 Å². The van der Waals surface area contributed by atoms with E-state index in [0.717, 1.165) is 5.69 Å². The molecule has 0 atom stereocenters. The maximum Gasteiger partial charge on any atom is 0.446 e. The van der Waals surface area contributed by atoms with Crippen molar-refractivity contribution in [1.82, 2.24) is 25.3 Å². The zero-order chi connectivity index (χ0) is 21.6. The van der Waals surface area contributed by atoms with Gasteiger partial charge in [0.25, 0.3) is 0 Å². The van der Waals surface area contributed by atoms with Crippen molar-refractivity contribution in [2.75, 3.05) is 23.7 Å². The lowest BCUT2D eigenvalue weighted by molar-refractivity contribution is -0.0328. The van der Waals surface area contributed by atoms with Crippen LogP contribution in [0.5, 0.6) is 0 Å². The molecule has 0 fully saturated rings. The minimum atomic E-state index is -4.35. The van der Waals surface area contributed by atoms with Crippen molar-refractivity contribution >= 4 is 29.3 Å². The van der Waals surface area contributed by atoms with Crippen molar-refractivity contribution in [3.05, 3.63) is 54.4 Å². The highest BCUT2D eigenvalue weighted by atomic mass is 32.2. The molecular weight excluding hydrogens is 419 g/mol. The van der Waals surface area contributed by atoms with Crippen LogP contribution in [0, 0.1) is 6.92 Å². The van der Waals surface area contributed by atoms with Crippen LogP contribution in [0.25, 0.3) is 5.82 Å². The monoisotopic (exact) mass is 437 g/mol. The number of urea groups is 1. The van der Waals surface area contributed by atoms with Gasteiger partial charge in [0.15, 0.2) is 5.82 Å². The maximum atomic E-state index is 12.3. The van der Waals surface area contributed by atoms with Gasteiger partial charge in [-0.05, 0) is 61.2 Å². The Morgan fingerprint density at radius 1 is 1.07 bits per heavy atom. The topological polar surface area (TPSA) is 96.8 Å². The minimum absolute atomic E-state index is 0.0486. The maximum absolute atomic E-state index is 12.3. The van der Waals surface area contributed by atoms with Crippen molar-refractivity contribution in [2.24, 2.45) is 0 Å². The van der Waals surface area contributed by atoms with Crippen LogP contribution in [0.2, 0.25) is 0 Å². The molecule has 0 saturated carbocycles. The third kappa shape index (κ3) is 6.65. The lowest BCUT2D eigenvalue weighted by Gasteiger charge is -2.10. The molecule has 0 spiro atoms. The van der Waals surface area contributed by atoms with E-state index in [1.165, 1.54) is 24.3 Å². The van der Waals surface area contributed by atoms with E-state index in [1.54, 1.807) is 23.0 Å². The summed E-state index contributed by atoms with van der Waals surface area (Å²) in [6, 6.07) is 10.3. The van der Waals surface area contributed by atoms with Gasteiger partial charge in [-0.2, -0.15) is 18.3 Å². The molecule has 3 N–H and O–H groups in total. The predicted molar refractivity (Wildman–Crippen MR) is 108 cm³/mol. The SMILES string of the molecule is Cc1ccn(-c2ccc(NCCNC(=O)Nc3ccc(SC(F)(F)F)cc3)nn2)n1. The quantitative estimate of drug-likeness (QED) is 0.384. The molecular formula is C18H18F3N7OS. The number of alkyl halides is 3. The smallest absolute Gasteiger partial charge is 0.367 e. The lowest BCUT2D eigenvalue weighted by atomic mass is 10.3. The molecule has 12 heteroatoms. The number of carbonyl (C=O) groups is 1. The Hall–Kier alpha value is -3.28. The number of rotatable bonds is 7. The molecule has 0 radical (unpaired) electrons. The summed E-state index contributed by atoms with van der Waals surface area (Å²) in [7, 11) is 0. The zero-order valence-corrected chi connectivity index (χ0v) is 16.6. The molecule has 0 aliphatic heterocycles. The number of nitrogens with one attached hydrogen (secondary N) is 3. The highest BCUT2D eigenvalue weighted by Crippen LogP contribution is 2.36. The second-order valence-electron chi connectivity index (χ2n) is 6.06. The number of benzene rings is 1. The number of thioether (sulfide) groups is 1. The Morgan fingerprint density at radius 2 is 1.83 bits per heavy atom. The Balaban J connectivity index is 1.38. The standard InChI is InChI=1S/C18H18F3N7OS/c1-12-8-11-28(27-12)16-7-6-15(25-26-16)22-9-10-23-17(29)24-13-2-4-14(5-3-13)30-18(19,20)21/h2-8,11H,9-10H2,1H3,(H,22,25)(H2,23,24,29). The Morgan fingerprint density at radius 3 is 2.43 bits per heavy atom. The van der Waals surface area contributed by atoms with Crippen LogP contribution in [0.15, 0.2) is 53.6 Å². The fraction of sp³-hybridized carbons (Fsp3) is 0.222. The van der Waals surface area contributed by atoms with E-state index >= 15 is 0 Å². The minimum Gasteiger partial charge on any atom is -0.367 e. The van der Waals surface area contributed by atoms with Gasteiger partial charge in [0, 0.05) is 29.9 Å². The van der Waals surface area contributed by atoms with Crippen LogP contribution in [-0.2, 0) is 0 Å². The first kappa shape index (κ1) is 21.4. The average Bonchev–Trinajstić information content (AvgIpc) is 3.12. The summed E-state index contributed by atoms with van der Waals surface area (Å²) in [4.78, 5) is 11.9. The number of hydrogen-bond donors (Lipinski definition) is 3. The van der Waals surface area contributed by atoms with Crippen molar-refractivity contribution in [3.8, 4) is 5.82 Å². The normalized spacial score (nSPS) is 11.2. The van der Waals surface area contributed by atoms with Gasteiger partial charge < -0.3 is 16.0 Å². The van der Waals surface area contributed by atoms with Crippen LogP contribution >= 0.6 is 11.8 Å². The molecule has 2 amide bonds. The summed E-state index contributed by atoms with van der Waals surface area (Å²) < 4.78 is 38.6. The summed E-state index contributed by atoms with van der Waals surface area (Å²) in [6.07, 6.45) is 1.79. The van der Waals surface area contributed by atoms with E-state index in [1.807, 2.05) is 13.0 Å². The Bertz CT molecular complexity index is 975. The van der Waals surface area contributed by atoms with Gasteiger partial charge in [-0.15, -0.1) is 10.2 Å². The van der Waals surface area contributed by atoms with E-state index in [4.69, 9.17) is 0 Å². The molecule has 0 aliphatic carbocycles. The lowest BCUT2D eigenvalue weighted by Crippen LogP contribution is -2.32. The average molecular weight is 437 g/mol. The molecule has 2 aromatic heterocycles. The van der Waals surface area contributed by atoms with Gasteiger partial charge in [-0.3, -0.25) is 0 Å². The van der Waals surface area contributed by atoms with Gasteiger partial charge in [0.05, 0.1) is 5.69 Å². The number of carbonyl (C=O) groups excluding carboxylic acids is 1. The molecule has 0 unspecified atom stereocenters. The number of aromatic nitrogens is 4. The molecule has 1 aromatic carbocycles. The first-order valence-electron chi connectivity index (χ1n) is 8.79. The molecule has 158 valence electrons. The summed E-state index contributed by atoms with van der Waals surface area (Å²) in [5.74, 6) is 1.13. The van der Waals surface area contributed by atoms with Crippen molar-refractivity contribution in [3.63, 3.8) is 0 Å². The number of anilines is 2. The Labute approximate surface area is 174 Å². The fourth-order valence-corrected chi connectivity index (χ4v) is 2.91. The van der Waals surface area contributed by atoms with Gasteiger partial charge in [-0.1, -0.05) is 0 Å². The van der Waals surface area contributed by atoms with Crippen LogP contribution in [0.1, 0.15) is 5.69 Å². The number of aryl methyl sites for hydroxylation is 1. The molecule has 30 heavy (non-hydrogen) atoms. The van der Waals surface area contributed by atoms with Crippen molar-refractivity contribution in [1.29, 1.82) is 0 Å². The highest BCUT2D eigenvalue weighted by Gasteiger charge is 2.29. The van der Waals surface area contributed by atoms with Crippen LogP contribution in [0.4, 0.5) is 29.5 Å². The highest BCUT2D eigenvalue weighted by molar-refractivity contribution is 8.00. The molecule has 3 rings (SSSR count). The number of amides is 2. The first-order chi connectivity index (χ1) is 14.3. The molecule has 8 nitrogen and oxygen atoms in total. The molecule has 0 aliphatic rings. The third-order valence-electron chi connectivity index (χ3n) is 3.67. The van der Waals surface area contributed by atoms with Crippen molar-refractivity contribution in [2.45, 2.75) is 17.3 Å². The zero-order valence-electron chi connectivity index (χ0n) is 15.8. The van der Waals surface area contributed by atoms with Crippen LogP contribution < -0.4 is 16.0 Å². The van der Waals surface area contributed by atoms with E-state index in [9.17, 15) is 18.0 Å². The van der Waals surface area contributed by atoms with Gasteiger partial charge in [-0.25, -0.2) is 9.48 Å². The van der Waals surface area contributed by atoms with Gasteiger partial charge in [0.1, 0.15) is 5.82 Å².